The van der Waals surface area contributed by atoms with E-state index in [1.807, 2.05) is 4.90 Å². The summed E-state index contributed by atoms with van der Waals surface area (Å²) in [6, 6.07) is 11.9. The van der Waals surface area contributed by atoms with Gasteiger partial charge in [0.15, 0.2) is 0 Å². The van der Waals surface area contributed by atoms with Crippen molar-refractivity contribution in [3.8, 4) is 11.3 Å². The van der Waals surface area contributed by atoms with Gasteiger partial charge in [-0.05, 0) is 55.3 Å². The van der Waals surface area contributed by atoms with Crippen LogP contribution in [0.4, 0.5) is 20.2 Å². The molecule has 3 heterocycles. The van der Waals surface area contributed by atoms with Crippen molar-refractivity contribution >= 4 is 29.4 Å². The average molecular weight is 432 g/mol. The molecule has 0 unspecified atom stereocenters. The molecule has 1 aromatic heterocycles. The standard InChI is InChI=1S/C24H18F2N4O2/c25-16-4-3-5-17(26)21(16)18-12-19(22-20(29-18)13-27-23(22)31)28-15-8-6-14(7-9-15)24(32)30-10-1-2-11-30/h3-9,12-13H,1-2,10-11H2,(H,28,29). The lowest BCUT2D eigenvalue weighted by atomic mass is 10.1. The highest BCUT2D eigenvalue weighted by Crippen LogP contribution is 2.33. The normalized spacial score (nSPS) is 14.7. The molecule has 32 heavy (non-hydrogen) atoms. The maximum atomic E-state index is 14.3. The van der Waals surface area contributed by atoms with Crippen LogP contribution in [0.2, 0.25) is 0 Å². The summed E-state index contributed by atoms with van der Waals surface area (Å²) in [7, 11) is 0. The second kappa shape index (κ2) is 7.96. The minimum absolute atomic E-state index is 0.0141. The van der Waals surface area contributed by atoms with Gasteiger partial charge in [-0.25, -0.2) is 18.8 Å². The number of pyridine rings is 1. The van der Waals surface area contributed by atoms with E-state index in [-0.39, 0.29) is 28.4 Å². The number of anilines is 2. The lowest BCUT2D eigenvalue weighted by molar-refractivity contribution is 0.0792. The molecule has 0 bridgehead atoms. The Morgan fingerprint density at radius 1 is 0.969 bits per heavy atom. The molecule has 3 aromatic rings. The molecule has 1 fully saturated rings. The Labute approximate surface area is 182 Å². The van der Waals surface area contributed by atoms with Crippen LogP contribution in [0.25, 0.3) is 11.3 Å². The zero-order chi connectivity index (χ0) is 22.2. The number of aliphatic imine (C=N–C) groups is 1. The molecule has 0 saturated carbocycles. The van der Waals surface area contributed by atoms with Crippen molar-refractivity contribution in [2.45, 2.75) is 12.8 Å². The predicted molar refractivity (Wildman–Crippen MR) is 116 cm³/mol. The Hall–Kier alpha value is -3.94. The fraction of sp³-hybridized carbons (Fsp3) is 0.167. The third kappa shape index (κ3) is 3.53. The van der Waals surface area contributed by atoms with Gasteiger partial charge in [-0.15, -0.1) is 0 Å². The number of nitrogens with zero attached hydrogens (tertiary/aromatic N) is 3. The number of nitrogens with one attached hydrogen (secondary N) is 1. The van der Waals surface area contributed by atoms with Crippen LogP contribution in [-0.2, 0) is 0 Å². The highest BCUT2D eigenvalue weighted by Gasteiger charge is 2.25. The zero-order valence-corrected chi connectivity index (χ0v) is 16.9. The summed E-state index contributed by atoms with van der Waals surface area (Å²) in [5.74, 6) is -2.01. The molecule has 0 aliphatic carbocycles. The number of likely N-dealkylation sites (tertiary alicyclic amines) is 1. The fourth-order valence-electron chi connectivity index (χ4n) is 3.99. The highest BCUT2D eigenvalue weighted by atomic mass is 19.1. The number of carbonyl (C=O) groups excluding carboxylic acids is 2. The van der Waals surface area contributed by atoms with Crippen LogP contribution in [0.3, 0.4) is 0 Å². The molecule has 0 radical (unpaired) electrons. The van der Waals surface area contributed by atoms with Crippen LogP contribution >= 0.6 is 0 Å². The molecule has 2 amide bonds. The Morgan fingerprint density at radius 2 is 1.66 bits per heavy atom. The summed E-state index contributed by atoms with van der Waals surface area (Å²) in [5, 5.41) is 3.11. The lowest BCUT2D eigenvalue weighted by Gasteiger charge is -2.16. The van der Waals surface area contributed by atoms with E-state index in [4.69, 9.17) is 0 Å². The Bertz CT molecular complexity index is 1250. The van der Waals surface area contributed by atoms with Gasteiger partial charge in [0.25, 0.3) is 11.8 Å². The van der Waals surface area contributed by atoms with E-state index in [9.17, 15) is 18.4 Å². The third-order valence-electron chi connectivity index (χ3n) is 5.59. The SMILES string of the molecule is O=C1N=Cc2nc(-c3c(F)cccc3F)cc(Nc3ccc(C(=O)N4CCCC4)cc3)c21. The van der Waals surface area contributed by atoms with Crippen LogP contribution in [0, 0.1) is 11.6 Å². The molecule has 0 spiro atoms. The van der Waals surface area contributed by atoms with E-state index in [1.165, 1.54) is 18.3 Å². The van der Waals surface area contributed by atoms with Crippen LogP contribution in [0.1, 0.15) is 39.3 Å². The topological polar surface area (TPSA) is 74.7 Å². The quantitative estimate of drug-likeness (QED) is 0.655. The number of aromatic nitrogens is 1. The number of fused-ring (bicyclic) bond motifs is 1. The fourth-order valence-corrected chi connectivity index (χ4v) is 3.99. The van der Waals surface area contributed by atoms with Crippen LogP contribution in [-0.4, -0.2) is 41.0 Å². The van der Waals surface area contributed by atoms with Gasteiger partial charge < -0.3 is 10.2 Å². The molecule has 160 valence electrons. The van der Waals surface area contributed by atoms with Gasteiger partial charge in [0.2, 0.25) is 0 Å². The number of benzene rings is 2. The van der Waals surface area contributed by atoms with E-state index in [1.54, 1.807) is 24.3 Å². The van der Waals surface area contributed by atoms with Gasteiger partial charge in [0, 0.05) is 24.3 Å². The molecule has 1 N–H and O–H groups in total. The number of hydrogen-bond acceptors (Lipinski definition) is 4. The van der Waals surface area contributed by atoms with Gasteiger partial charge in [0.05, 0.1) is 34.4 Å². The van der Waals surface area contributed by atoms with E-state index in [0.717, 1.165) is 38.1 Å². The molecule has 8 heteroatoms. The Balaban J connectivity index is 1.49. The average Bonchev–Trinajstić information content (AvgIpc) is 3.44. The van der Waals surface area contributed by atoms with Gasteiger partial charge in [-0.2, -0.15) is 0 Å². The summed E-state index contributed by atoms with van der Waals surface area (Å²) < 4.78 is 28.7. The lowest BCUT2D eigenvalue weighted by Crippen LogP contribution is -2.27. The largest absolute Gasteiger partial charge is 0.355 e. The summed E-state index contributed by atoms with van der Waals surface area (Å²) in [4.78, 5) is 34.6. The second-order valence-electron chi connectivity index (χ2n) is 7.68. The van der Waals surface area contributed by atoms with Crippen molar-refractivity contribution in [2.24, 2.45) is 4.99 Å². The van der Waals surface area contributed by atoms with E-state index in [0.29, 0.717) is 16.9 Å². The summed E-state index contributed by atoms with van der Waals surface area (Å²) >= 11 is 0. The van der Waals surface area contributed by atoms with Crippen molar-refractivity contribution < 1.29 is 18.4 Å². The maximum Gasteiger partial charge on any atom is 0.281 e. The van der Waals surface area contributed by atoms with E-state index >= 15 is 0 Å². The first-order chi connectivity index (χ1) is 15.5. The molecule has 6 nitrogen and oxygen atoms in total. The molecule has 1 saturated heterocycles. The smallest absolute Gasteiger partial charge is 0.281 e. The van der Waals surface area contributed by atoms with Gasteiger partial charge in [-0.1, -0.05) is 6.07 Å². The molecule has 0 atom stereocenters. The number of rotatable bonds is 4. The molecule has 2 aliphatic heterocycles. The van der Waals surface area contributed by atoms with Gasteiger partial charge in [-0.3, -0.25) is 9.59 Å². The first-order valence-corrected chi connectivity index (χ1v) is 10.3. The Morgan fingerprint density at radius 3 is 2.34 bits per heavy atom. The van der Waals surface area contributed by atoms with Crippen LogP contribution in [0.15, 0.2) is 53.5 Å². The maximum absolute atomic E-state index is 14.3. The van der Waals surface area contributed by atoms with Crippen LogP contribution < -0.4 is 5.32 Å². The summed E-state index contributed by atoms with van der Waals surface area (Å²) in [6.07, 6.45) is 3.31. The molecular formula is C24H18F2N4O2. The zero-order valence-electron chi connectivity index (χ0n) is 16.9. The van der Waals surface area contributed by atoms with E-state index < -0.39 is 17.5 Å². The third-order valence-corrected chi connectivity index (χ3v) is 5.59. The first kappa shape index (κ1) is 20.0. The molecular weight excluding hydrogens is 414 g/mol. The number of amides is 2. The van der Waals surface area contributed by atoms with Crippen molar-refractivity contribution in [2.75, 3.05) is 18.4 Å². The first-order valence-electron chi connectivity index (χ1n) is 10.3. The monoisotopic (exact) mass is 432 g/mol. The summed E-state index contributed by atoms with van der Waals surface area (Å²) in [5.41, 5.74) is 1.73. The van der Waals surface area contributed by atoms with Crippen LogP contribution in [0.5, 0.6) is 0 Å². The van der Waals surface area contributed by atoms with Gasteiger partial charge >= 0.3 is 0 Å². The second-order valence-corrected chi connectivity index (χ2v) is 7.68. The molecule has 5 rings (SSSR count). The van der Waals surface area contributed by atoms with Crippen molar-refractivity contribution in [3.63, 3.8) is 0 Å². The van der Waals surface area contributed by atoms with Crippen molar-refractivity contribution in [3.05, 3.63) is 77.0 Å². The molecule has 2 aliphatic rings. The number of hydrogen-bond donors (Lipinski definition) is 1. The van der Waals surface area contributed by atoms with E-state index in [2.05, 4.69) is 15.3 Å². The van der Waals surface area contributed by atoms with Crippen molar-refractivity contribution in [1.29, 1.82) is 0 Å². The minimum atomic E-state index is -0.755. The molecule has 2 aromatic carbocycles. The Kier molecular flexibility index (Phi) is 4.97. The van der Waals surface area contributed by atoms with Gasteiger partial charge in [0.1, 0.15) is 11.6 Å². The van der Waals surface area contributed by atoms with Crippen molar-refractivity contribution in [1.82, 2.24) is 9.88 Å². The number of halogens is 2. The number of carbonyl (C=O) groups is 2. The predicted octanol–water partition coefficient (Wildman–Crippen LogP) is 4.58. The highest BCUT2D eigenvalue weighted by molar-refractivity contribution is 6.16. The minimum Gasteiger partial charge on any atom is -0.355 e. The summed E-state index contributed by atoms with van der Waals surface area (Å²) in [6.45, 7) is 1.53.